The Hall–Kier alpha value is -2.68. The number of rotatable bonds is 4. The van der Waals surface area contributed by atoms with Gasteiger partial charge in [-0.25, -0.2) is 10.6 Å². The lowest BCUT2D eigenvalue weighted by molar-refractivity contribution is -0.384. The third-order valence-electron chi connectivity index (χ3n) is 2.91. The number of hydrazine groups is 1. The van der Waals surface area contributed by atoms with Crippen molar-refractivity contribution in [1.29, 1.82) is 0 Å². The molecule has 0 bridgehead atoms. The van der Waals surface area contributed by atoms with Crippen molar-refractivity contribution in [3.63, 3.8) is 0 Å². The van der Waals surface area contributed by atoms with E-state index in [0.29, 0.717) is 0 Å². The number of oxazole rings is 1. The average molecular weight is 280 g/mol. The topological polar surface area (TPSA) is 133 Å². The number of fused-ring (bicyclic) bond motifs is 1. The number of nitrogens with zero attached hydrogens (tertiary/aromatic N) is 2. The molecule has 0 spiro atoms. The summed E-state index contributed by atoms with van der Waals surface area (Å²) in [4.78, 5) is 33.3. The molecule has 0 aliphatic heterocycles. The minimum atomic E-state index is -0.683. The second-order valence-electron chi connectivity index (χ2n) is 4.30. The van der Waals surface area contributed by atoms with Crippen molar-refractivity contribution >= 4 is 22.7 Å². The van der Waals surface area contributed by atoms with Crippen molar-refractivity contribution in [3.05, 3.63) is 38.9 Å². The van der Waals surface area contributed by atoms with Crippen LogP contribution in [-0.2, 0) is 11.3 Å². The second kappa shape index (κ2) is 5.13. The first-order valence-electron chi connectivity index (χ1n) is 5.72. The zero-order valence-electron chi connectivity index (χ0n) is 10.5. The van der Waals surface area contributed by atoms with E-state index in [1.165, 1.54) is 22.8 Å². The van der Waals surface area contributed by atoms with Gasteiger partial charge in [-0.05, 0) is 6.07 Å². The highest BCUT2D eigenvalue weighted by molar-refractivity contribution is 5.78. The maximum absolute atomic E-state index is 11.7. The Bertz CT molecular complexity index is 732. The number of benzene rings is 1. The summed E-state index contributed by atoms with van der Waals surface area (Å²) in [6.07, 6.45) is 0. The number of hydrogen-bond donors (Lipinski definition) is 2. The van der Waals surface area contributed by atoms with E-state index < -0.39 is 22.5 Å². The molecule has 20 heavy (non-hydrogen) atoms. The van der Waals surface area contributed by atoms with Crippen LogP contribution < -0.4 is 17.0 Å². The SMILES string of the molecule is CC(Cn1c(=O)oc2ccc([N+](=O)[O-])cc21)C(=O)NN. The summed E-state index contributed by atoms with van der Waals surface area (Å²) < 4.78 is 6.14. The average Bonchev–Trinajstić information content (AvgIpc) is 2.73. The largest absolute Gasteiger partial charge is 0.419 e. The van der Waals surface area contributed by atoms with Crippen LogP contribution in [0.3, 0.4) is 0 Å². The number of non-ortho nitro benzene ring substituents is 1. The molecule has 1 amide bonds. The number of aromatic nitrogens is 1. The summed E-state index contributed by atoms with van der Waals surface area (Å²) in [5.41, 5.74) is 2.31. The van der Waals surface area contributed by atoms with Gasteiger partial charge in [0.2, 0.25) is 5.91 Å². The lowest BCUT2D eigenvalue weighted by Gasteiger charge is -2.09. The lowest BCUT2D eigenvalue weighted by atomic mass is 10.1. The normalized spacial score (nSPS) is 12.3. The summed E-state index contributed by atoms with van der Waals surface area (Å²) in [7, 11) is 0. The Balaban J connectivity index is 2.49. The van der Waals surface area contributed by atoms with Gasteiger partial charge in [0.15, 0.2) is 5.58 Å². The summed E-state index contributed by atoms with van der Waals surface area (Å²) in [5.74, 6) is 3.30. The van der Waals surface area contributed by atoms with Crippen molar-refractivity contribution in [2.45, 2.75) is 13.5 Å². The van der Waals surface area contributed by atoms with E-state index in [1.54, 1.807) is 6.92 Å². The van der Waals surface area contributed by atoms with Crippen molar-refractivity contribution in [3.8, 4) is 0 Å². The molecule has 3 N–H and O–H groups in total. The van der Waals surface area contributed by atoms with Gasteiger partial charge in [-0.1, -0.05) is 6.92 Å². The van der Waals surface area contributed by atoms with Gasteiger partial charge in [-0.2, -0.15) is 0 Å². The fourth-order valence-electron chi connectivity index (χ4n) is 1.84. The van der Waals surface area contributed by atoms with Crippen LogP contribution in [0.5, 0.6) is 0 Å². The van der Waals surface area contributed by atoms with E-state index in [0.717, 1.165) is 0 Å². The molecular formula is C11H12N4O5. The first-order chi connectivity index (χ1) is 9.43. The van der Waals surface area contributed by atoms with E-state index >= 15 is 0 Å². The highest BCUT2D eigenvalue weighted by Crippen LogP contribution is 2.20. The van der Waals surface area contributed by atoms with Crippen molar-refractivity contribution in [2.24, 2.45) is 11.8 Å². The van der Waals surface area contributed by atoms with E-state index in [2.05, 4.69) is 0 Å². The fraction of sp³-hybridized carbons (Fsp3) is 0.273. The molecule has 0 aliphatic carbocycles. The number of amides is 1. The van der Waals surface area contributed by atoms with Gasteiger partial charge >= 0.3 is 5.76 Å². The zero-order chi connectivity index (χ0) is 14.9. The molecule has 2 aromatic rings. The minimum absolute atomic E-state index is 0.00995. The maximum Gasteiger partial charge on any atom is 0.419 e. The molecule has 1 aromatic heterocycles. The third kappa shape index (κ3) is 2.38. The van der Waals surface area contributed by atoms with Gasteiger partial charge in [0, 0.05) is 18.7 Å². The van der Waals surface area contributed by atoms with Gasteiger partial charge < -0.3 is 4.42 Å². The number of carbonyl (C=O) groups excluding carboxylic acids is 1. The number of nitro benzene ring substituents is 1. The van der Waals surface area contributed by atoms with Gasteiger partial charge in [-0.3, -0.25) is 24.9 Å². The molecule has 0 aliphatic rings. The quantitative estimate of drug-likeness (QED) is 0.354. The van der Waals surface area contributed by atoms with E-state index in [1.807, 2.05) is 5.43 Å². The van der Waals surface area contributed by atoms with Crippen LogP contribution >= 0.6 is 0 Å². The number of nitrogens with one attached hydrogen (secondary N) is 1. The summed E-state index contributed by atoms with van der Waals surface area (Å²) >= 11 is 0. The van der Waals surface area contributed by atoms with E-state index in [-0.39, 0.29) is 23.3 Å². The van der Waals surface area contributed by atoms with E-state index in [4.69, 9.17) is 10.3 Å². The highest BCUT2D eigenvalue weighted by Gasteiger charge is 2.18. The van der Waals surface area contributed by atoms with Crippen LogP contribution in [0.15, 0.2) is 27.4 Å². The van der Waals surface area contributed by atoms with Crippen molar-refractivity contribution < 1.29 is 14.1 Å². The molecule has 106 valence electrons. The van der Waals surface area contributed by atoms with Gasteiger partial charge in [-0.15, -0.1) is 0 Å². The first kappa shape index (κ1) is 13.7. The van der Waals surface area contributed by atoms with Crippen molar-refractivity contribution in [2.75, 3.05) is 0 Å². The Labute approximate surface area is 112 Å². The lowest BCUT2D eigenvalue weighted by Crippen LogP contribution is -2.37. The molecule has 2 rings (SSSR count). The number of carbonyl (C=O) groups is 1. The summed E-state index contributed by atoms with van der Waals surface area (Å²) in [6, 6.07) is 3.82. The number of nitro groups is 1. The molecule has 9 nitrogen and oxygen atoms in total. The smallest absolute Gasteiger partial charge is 0.408 e. The molecule has 0 saturated heterocycles. The van der Waals surface area contributed by atoms with E-state index in [9.17, 15) is 19.7 Å². The number of hydrogen-bond acceptors (Lipinski definition) is 6. The molecular weight excluding hydrogens is 268 g/mol. The Kier molecular flexibility index (Phi) is 3.53. The predicted octanol–water partition coefficient (Wildman–Crippen LogP) is 0.129. The standard InChI is InChI=1S/C11H12N4O5/c1-6(10(16)13-12)5-14-8-4-7(15(18)19)2-3-9(8)20-11(14)17/h2-4,6H,5,12H2,1H3,(H,13,16). The number of nitrogens with two attached hydrogens (primary N) is 1. The molecule has 1 heterocycles. The Morgan fingerprint density at radius 1 is 1.60 bits per heavy atom. The van der Waals surface area contributed by atoms with Crippen LogP contribution in [0.2, 0.25) is 0 Å². The van der Waals surface area contributed by atoms with Crippen molar-refractivity contribution in [1.82, 2.24) is 9.99 Å². The Morgan fingerprint density at radius 2 is 2.30 bits per heavy atom. The molecule has 1 atom stereocenters. The van der Waals surface area contributed by atoms with Crippen LogP contribution in [0, 0.1) is 16.0 Å². The van der Waals surface area contributed by atoms with Crippen LogP contribution in [0.25, 0.3) is 11.1 Å². The van der Waals surface area contributed by atoms with Crippen LogP contribution in [0.4, 0.5) is 5.69 Å². The maximum atomic E-state index is 11.7. The molecule has 9 heteroatoms. The van der Waals surface area contributed by atoms with Gasteiger partial charge in [0.25, 0.3) is 5.69 Å². The monoisotopic (exact) mass is 280 g/mol. The third-order valence-corrected chi connectivity index (χ3v) is 2.91. The second-order valence-corrected chi connectivity index (χ2v) is 4.30. The van der Waals surface area contributed by atoms with Gasteiger partial charge in [0.05, 0.1) is 16.4 Å². The van der Waals surface area contributed by atoms with Crippen LogP contribution in [-0.4, -0.2) is 15.4 Å². The highest BCUT2D eigenvalue weighted by atomic mass is 16.6. The molecule has 1 aromatic carbocycles. The molecule has 0 radical (unpaired) electrons. The molecule has 0 saturated carbocycles. The van der Waals surface area contributed by atoms with Crippen LogP contribution in [0.1, 0.15) is 6.92 Å². The Morgan fingerprint density at radius 3 is 2.90 bits per heavy atom. The summed E-state index contributed by atoms with van der Waals surface area (Å²) in [6.45, 7) is 1.58. The summed E-state index contributed by atoms with van der Waals surface area (Å²) in [5, 5.41) is 10.7. The van der Waals surface area contributed by atoms with Gasteiger partial charge in [0.1, 0.15) is 0 Å². The molecule has 0 fully saturated rings. The fourth-order valence-corrected chi connectivity index (χ4v) is 1.84. The molecule has 1 unspecified atom stereocenters. The predicted molar refractivity (Wildman–Crippen MR) is 68.6 cm³/mol. The minimum Gasteiger partial charge on any atom is -0.408 e. The first-order valence-corrected chi connectivity index (χ1v) is 5.72. The zero-order valence-corrected chi connectivity index (χ0v) is 10.5.